The Bertz CT molecular complexity index is 469. The third-order valence-electron chi connectivity index (χ3n) is 3.33. The molecular formula is C18H23NO. The van der Waals surface area contributed by atoms with E-state index < -0.39 is 0 Å². The molecule has 2 nitrogen and oxygen atoms in total. The molecule has 2 rings (SSSR count). The third-order valence-corrected chi connectivity index (χ3v) is 3.33. The fraction of sp³-hybridized carbons (Fsp3) is 0.333. The van der Waals surface area contributed by atoms with Gasteiger partial charge in [0.15, 0.2) is 0 Å². The van der Waals surface area contributed by atoms with Crippen molar-refractivity contribution in [1.82, 2.24) is 5.32 Å². The zero-order valence-corrected chi connectivity index (χ0v) is 12.1. The summed E-state index contributed by atoms with van der Waals surface area (Å²) in [6.45, 7) is 4.67. The van der Waals surface area contributed by atoms with Gasteiger partial charge in [-0.2, -0.15) is 0 Å². The van der Waals surface area contributed by atoms with Crippen molar-refractivity contribution in [3.8, 4) is 0 Å². The van der Waals surface area contributed by atoms with Crippen molar-refractivity contribution in [3.05, 3.63) is 71.8 Å². The quantitative estimate of drug-likeness (QED) is 0.733. The largest absolute Gasteiger partial charge is 0.377 e. The van der Waals surface area contributed by atoms with Crippen LogP contribution in [0.2, 0.25) is 0 Å². The van der Waals surface area contributed by atoms with Crippen LogP contribution < -0.4 is 5.32 Å². The molecule has 0 unspecified atom stereocenters. The number of benzene rings is 2. The van der Waals surface area contributed by atoms with Crippen LogP contribution in [-0.2, 0) is 11.3 Å². The molecule has 0 heterocycles. The number of hydrogen-bond donors (Lipinski definition) is 1. The molecule has 1 atom stereocenters. The number of rotatable bonds is 8. The van der Waals surface area contributed by atoms with E-state index in [-0.39, 0.29) is 0 Å². The zero-order chi connectivity index (χ0) is 14.0. The second-order valence-corrected chi connectivity index (χ2v) is 4.98. The Morgan fingerprint density at radius 3 is 2.30 bits per heavy atom. The smallest absolute Gasteiger partial charge is 0.0716 e. The van der Waals surface area contributed by atoms with Crippen LogP contribution in [0.1, 0.15) is 30.5 Å². The van der Waals surface area contributed by atoms with Crippen molar-refractivity contribution < 1.29 is 4.74 Å². The van der Waals surface area contributed by atoms with Gasteiger partial charge in [0.25, 0.3) is 0 Å². The average molecular weight is 269 g/mol. The fourth-order valence-corrected chi connectivity index (χ4v) is 2.12. The predicted molar refractivity (Wildman–Crippen MR) is 83.6 cm³/mol. The molecule has 1 N–H and O–H groups in total. The topological polar surface area (TPSA) is 21.3 Å². The van der Waals surface area contributed by atoms with Gasteiger partial charge in [-0.15, -0.1) is 0 Å². The van der Waals surface area contributed by atoms with Crippen molar-refractivity contribution in [2.24, 2.45) is 0 Å². The summed E-state index contributed by atoms with van der Waals surface area (Å²) in [5, 5.41) is 3.52. The summed E-state index contributed by atoms with van der Waals surface area (Å²) in [5.74, 6) is 0. The first-order chi connectivity index (χ1) is 9.86. The monoisotopic (exact) mass is 269 g/mol. The number of nitrogens with one attached hydrogen (secondary N) is 1. The van der Waals surface area contributed by atoms with E-state index in [4.69, 9.17) is 4.74 Å². The molecule has 0 radical (unpaired) electrons. The highest BCUT2D eigenvalue weighted by Crippen LogP contribution is 2.10. The van der Waals surface area contributed by atoms with Crippen LogP contribution >= 0.6 is 0 Å². The van der Waals surface area contributed by atoms with Gasteiger partial charge in [0.2, 0.25) is 0 Å². The lowest BCUT2D eigenvalue weighted by atomic mass is 10.1. The van der Waals surface area contributed by atoms with Crippen molar-refractivity contribution >= 4 is 0 Å². The van der Waals surface area contributed by atoms with Crippen LogP contribution in [0.15, 0.2) is 60.7 Å². The van der Waals surface area contributed by atoms with Crippen molar-refractivity contribution in [2.45, 2.75) is 26.0 Å². The van der Waals surface area contributed by atoms with Gasteiger partial charge in [0.1, 0.15) is 0 Å². The molecular weight excluding hydrogens is 246 g/mol. The normalized spacial score (nSPS) is 12.2. The van der Waals surface area contributed by atoms with Gasteiger partial charge >= 0.3 is 0 Å². The maximum absolute atomic E-state index is 5.67. The maximum Gasteiger partial charge on any atom is 0.0716 e. The van der Waals surface area contributed by atoms with E-state index in [0.717, 1.165) is 19.6 Å². The second kappa shape index (κ2) is 8.51. The summed E-state index contributed by atoms with van der Waals surface area (Å²) in [6, 6.07) is 21.2. The van der Waals surface area contributed by atoms with Gasteiger partial charge in [0, 0.05) is 12.6 Å². The zero-order valence-electron chi connectivity index (χ0n) is 12.1. The standard InChI is InChI=1S/C18H23NO/c1-16(18-11-6-3-7-12-18)19-13-8-14-20-15-17-9-4-2-5-10-17/h2-7,9-12,16,19H,8,13-15H2,1H3/t16-/m0/s1. The minimum absolute atomic E-state index is 0.394. The summed E-state index contributed by atoms with van der Waals surface area (Å²) < 4.78 is 5.67. The summed E-state index contributed by atoms with van der Waals surface area (Å²) in [4.78, 5) is 0. The molecule has 0 aromatic heterocycles. The number of ether oxygens (including phenoxy) is 1. The Balaban J connectivity index is 1.56. The molecule has 2 heteroatoms. The molecule has 20 heavy (non-hydrogen) atoms. The molecule has 0 aliphatic heterocycles. The Morgan fingerprint density at radius 1 is 0.950 bits per heavy atom. The summed E-state index contributed by atoms with van der Waals surface area (Å²) in [5.41, 5.74) is 2.57. The van der Waals surface area contributed by atoms with Gasteiger partial charge in [-0.05, 0) is 31.0 Å². The molecule has 106 valence electrons. The SMILES string of the molecule is C[C@H](NCCCOCc1ccccc1)c1ccccc1. The van der Waals surface area contributed by atoms with E-state index in [9.17, 15) is 0 Å². The van der Waals surface area contributed by atoms with E-state index in [0.29, 0.717) is 12.6 Å². The van der Waals surface area contributed by atoms with E-state index in [1.54, 1.807) is 0 Å². The lowest BCUT2D eigenvalue weighted by Gasteiger charge is -2.14. The van der Waals surface area contributed by atoms with E-state index in [1.165, 1.54) is 11.1 Å². The van der Waals surface area contributed by atoms with Crippen molar-refractivity contribution in [2.75, 3.05) is 13.2 Å². The highest BCUT2D eigenvalue weighted by Gasteiger charge is 2.02. The Hall–Kier alpha value is -1.64. The van der Waals surface area contributed by atoms with Gasteiger partial charge in [-0.25, -0.2) is 0 Å². The first kappa shape index (κ1) is 14.8. The van der Waals surface area contributed by atoms with Gasteiger partial charge in [0.05, 0.1) is 6.61 Å². The average Bonchev–Trinajstić information content (AvgIpc) is 2.52. The van der Waals surface area contributed by atoms with Crippen LogP contribution in [0, 0.1) is 0 Å². The Morgan fingerprint density at radius 2 is 1.60 bits per heavy atom. The Kier molecular flexibility index (Phi) is 6.28. The van der Waals surface area contributed by atoms with E-state index in [1.807, 2.05) is 24.3 Å². The molecule has 2 aromatic rings. The van der Waals surface area contributed by atoms with Crippen LogP contribution in [-0.4, -0.2) is 13.2 Å². The second-order valence-electron chi connectivity index (χ2n) is 4.98. The van der Waals surface area contributed by atoms with Crippen molar-refractivity contribution in [3.63, 3.8) is 0 Å². The summed E-state index contributed by atoms with van der Waals surface area (Å²) in [6.07, 6.45) is 1.03. The molecule has 0 amide bonds. The van der Waals surface area contributed by atoms with Crippen LogP contribution in [0.3, 0.4) is 0 Å². The lowest BCUT2D eigenvalue weighted by Crippen LogP contribution is -2.20. The molecule has 0 bridgehead atoms. The fourth-order valence-electron chi connectivity index (χ4n) is 2.12. The molecule has 0 fully saturated rings. The van der Waals surface area contributed by atoms with E-state index >= 15 is 0 Å². The van der Waals surface area contributed by atoms with Crippen molar-refractivity contribution in [1.29, 1.82) is 0 Å². The van der Waals surface area contributed by atoms with Gasteiger partial charge in [-0.3, -0.25) is 0 Å². The van der Waals surface area contributed by atoms with Crippen LogP contribution in [0.5, 0.6) is 0 Å². The molecule has 2 aromatic carbocycles. The van der Waals surface area contributed by atoms with Gasteiger partial charge < -0.3 is 10.1 Å². The predicted octanol–water partition coefficient (Wildman–Crippen LogP) is 3.94. The minimum Gasteiger partial charge on any atom is -0.377 e. The van der Waals surface area contributed by atoms with E-state index in [2.05, 4.69) is 48.6 Å². The maximum atomic E-state index is 5.67. The van der Waals surface area contributed by atoms with Crippen LogP contribution in [0.4, 0.5) is 0 Å². The first-order valence-corrected chi connectivity index (χ1v) is 7.26. The third kappa shape index (κ3) is 5.16. The van der Waals surface area contributed by atoms with Crippen LogP contribution in [0.25, 0.3) is 0 Å². The lowest BCUT2D eigenvalue weighted by molar-refractivity contribution is 0.118. The number of hydrogen-bond acceptors (Lipinski definition) is 2. The Labute approximate surface area is 121 Å². The minimum atomic E-state index is 0.394. The summed E-state index contributed by atoms with van der Waals surface area (Å²) >= 11 is 0. The molecule has 0 saturated carbocycles. The molecule has 0 aliphatic rings. The first-order valence-electron chi connectivity index (χ1n) is 7.26. The molecule has 0 saturated heterocycles. The molecule has 0 aliphatic carbocycles. The summed E-state index contributed by atoms with van der Waals surface area (Å²) in [7, 11) is 0. The van der Waals surface area contributed by atoms with Gasteiger partial charge in [-0.1, -0.05) is 60.7 Å². The highest BCUT2D eigenvalue weighted by molar-refractivity contribution is 5.18. The molecule has 0 spiro atoms. The highest BCUT2D eigenvalue weighted by atomic mass is 16.5.